The summed E-state index contributed by atoms with van der Waals surface area (Å²) in [6.45, 7) is 5.08. The molecule has 0 bridgehead atoms. The number of aryl methyl sites for hydroxylation is 1. The standard InChI is InChI=1S/C12H15N3O3S/c1-8(2)19(16,17)15-11-5-4-10(6-9(11)3)12-14-13-7-18-12/h4-8,15H,1-3H3. The van der Waals surface area contributed by atoms with Crippen LogP contribution in [0.4, 0.5) is 5.69 Å². The minimum Gasteiger partial charge on any atom is -0.423 e. The Hall–Kier alpha value is -1.89. The number of hydrogen-bond donors (Lipinski definition) is 1. The molecule has 2 aromatic rings. The second-order valence-electron chi connectivity index (χ2n) is 4.47. The molecule has 0 unspecified atom stereocenters. The molecule has 0 radical (unpaired) electrons. The highest BCUT2D eigenvalue weighted by Crippen LogP contribution is 2.24. The minimum atomic E-state index is -3.34. The Labute approximate surface area is 111 Å². The quantitative estimate of drug-likeness (QED) is 0.928. The molecule has 0 spiro atoms. The number of rotatable bonds is 4. The molecule has 0 saturated carbocycles. The van der Waals surface area contributed by atoms with Crippen molar-refractivity contribution in [3.8, 4) is 11.5 Å². The Kier molecular flexibility index (Phi) is 3.57. The van der Waals surface area contributed by atoms with Gasteiger partial charge < -0.3 is 4.42 Å². The molecule has 1 aromatic carbocycles. The van der Waals surface area contributed by atoms with Gasteiger partial charge in [0.15, 0.2) is 0 Å². The molecule has 7 heteroatoms. The van der Waals surface area contributed by atoms with Gasteiger partial charge in [-0.15, -0.1) is 10.2 Å². The van der Waals surface area contributed by atoms with E-state index in [1.807, 2.05) is 6.92 Å². The molecule has 0 aliphatic rings. The Morgan fingerprint density at radius 1 is 1.32 bits per heavy atom. The van der Waals surface area contributed by atoms with E-state index in [1.54, 1.807) is 32.0 Å². The van der Waals surface area contributed by atoms with Gasteiger partial charge in [-0.2, -0.15) is 0 Å². The van der Waals surface area contributed by atoms with Crippen LogP contribution in [0.1, 0.15) is 19.4 Å². The van der Waals surface area contributed by atoms with E-state index in [0.717, 1.165) is 11.1 Å². The lowest BCUT2D eigenvalue weighted by Crippen LogP contribution is -2.22. The van der Waals surface area contributed by atoms with Gasteiger partial charge in [0.25, 0.3) is 0 Å². The molecule has 1 N–H and O–H groups in total. The van der Waals surface area contributed by atoms with Crippen molar-refractivity contribution in [1.29, 1.82) is 0 Å². The lowest BCUT2D eigenvalue weighted by Gasteiger charge is -2.13. The SMILES string of the molecule is Cc1cc(-c2nnco2)ccc1NS(=O)(=O)C(C)C. The summed E-state index contributed by atoms with van der Waals surface area (Å²) >= 11 is 0. The molecule has 0 aliphatic carbocycles. The van der Waals surface area contributed by atoms with Crippen LogP contribution in [0.3, 0.4) is 0 Å². The van der Waals surface area contributed by atoms with Crippen LogP contribution in [0.5, 0.6) is 0 Å². The first-order chi connectivity index (χ1) is 8.90. The molecule has 0 atom stereocenters. The third-order valence-electron chi connectivity index (χ3n) is 2.71. The van der Waals surface area contributed by atoms with Crippen molar-refractivity contribution >= 4 is 15.7 Å². The zero-order valence-corrected chi connectivity index (χ0v) is 11.7. The Balaban J connectivity index is 2.31. The van der Waals surface area contributed by atoms with Crippen LogP contribution in [0.2, 0.25) is 0 Å². The fourth-order valence-corrected chi connectivity index (χ4v) is 2.25. The predicted octanol–water partition coefficient (Wildman–Crippen LogP) is 2.20. The monoisotopic (exact) mass is 281 g/mol. The first kappa shape index (κ1) is 13.5. The Morgan fingerprint density at radius 3 is 2.58 bits per heavy atom. The largest absolute Gasteiger partial charge is 0.423 e. The topological polar surface area (TPSA) is 85.1 Å². The van der Waals surface area contributed by atoms with Gasteiger partial charge >= 0.3 is 0 Å². The van der Waals surface area contributed by atoms with E-state index in [-0.39, 0.29) is 0 Å². The molecule has 1 aromatic heterocycles. The lowest BCUT2D eigenvalue weighted by atomic mass is 10.1. The molecule has 0 saturated heterocycles. The van der Waals surface area contributed by atoms with Gasteiger partial charge in [0.2, 0.25) is 22.3 Å². The third-order valence-corrected chi connectivity index (χ3v) is 4.45. The third kappa shape index (κ3) is 2.93. The summed E-state index contributed by atoms with van der Waals surface area (Å²) in [6, 6.07) is 5.22. The number of nitrogens with zero attached hydrogens (tertiary/aromatic N) is 2. The lowest BCUT2D eigenvalue weighted by molar-refractivity contribution is 0.568. The molecule has 0 fully saturated rings. The van der Waals surface area contributed by atoms with E-state index in [9.17, 15) is 8.42 Å². The summed E-state index contributed by atoms with van der Waals surface area (Å²) in [5.41, 5.74) is 2.10. The van der Waals surface area contributed by atoms with Crippen LogP contribution in [0, 0.1) is 6.92 Å². The first-order valence-electron chi connectivity index (χ1n) is 5.79. The van der Waals surface area contributed by atoms with Gasteiger partial charge in [0.1, 0.15) is 0 Å². The fraction of sp³-hybridized carbons (Fsp3) is 0.333. The molecule has 0 amide bonds. The van der Waals surface area contributed by atoms with Crippen molar-refractivity contribution in [3.05, 3.63) is 30.2 Å². The van der Waals surface area contributed by atoms with Gasteiger partial charge in [-0.25, -0.2) is 8.42 Å². The van der Waals surface area contributed by atoms with Crippen LogP contribution >= 0.6 is 0 Å². The summed E-state index contributed by atoms with van der Waals surface area (Å²) in [4.78, 5) is 0. The predicted molar refractivity (Wildman–Crippen MR) is 72.1 cm³/mol. The number of aromatic nitrogens is 2. The molecule has 0 aliphatic heterocycles. The van der Waals surface area contributed by atoms with E-state index in [4.69, 9.17) is 4.42 Å². The molecule has 1 heterocycles. The second-order valence-corrected chi connectivity index (χ2v) is 6.71. The molecule has 6 nitrogen and oxygen atoms in total. The summed E-state index contributed by atoms with van der Waals surface area (Å²) in [7, 11) is -3.34. The van der Waals surface area contributed by atoms with Crippen LogP contribution in [0.15, 0.2) is 29.0 Å². The highest BCUT2D eigenvalue weighted by Gasteiger charge is 2.17. The van der Waals surface area contributed by atoms with Crippen molar-refractivity contribution in [3.63, 3.8) is 0 Å². The van der Waals surface area contributed by atoms with Crippen LogP contribution < -0.4 is 4.72 Å². The maximum atomic E-state index is 11.8. The van der Waals surface area contributed by atoms with Crippen molar-refractivity contribution < 1.29 is 12.8 Å². The number of anilines is 1. The summed E-state index contributed by atoms with van der Waals surface area (Å²) < 4.78 is 31.3. The molecule has 2 rings (SSSR count). The maximum Gasteiger partial charge on any atom is 0.247 e. The highest BCUT2D eigenvalue weighted by molar-refractivity contribution is 7.93. The van der Waals surface area contributed by atoms with Crippen molar-refractivity contribution in [1.82, 2.24) is 10.2 Å². The second kappa shape index (κ2) is 5.00. The van der Waals surface area contributed by atoms with Crippen LogP contribution in [0.25, 0.3) is 11.5 Å². The number of nitrogens with one attached hydrogen (secondary N) is 1. The van der Waals surface area contributed by atoms with Crippen LogP contribution in [-0.4, -0.2) is 23.9 Å². The first-order valence-corrected chi connectivity index (χ1v) is 7.33. The smallest absolute Gasteiger partial charge is 0.247 e. The Morgan fingerprint density at radius 2 is 2.05 bits per heavy atom. The van der Waals surface area contributed by atoms with Gasteiger partial charge in [-0.1, -0.05) is 0 Å². The summed E-state index contributed by atoms with van der Waals surface area (Å²) in [6.07, 6.45) is 1.25. The summed E-state index contributed by atoms with van der Waals surface area (Å²) in [5.74, 6) is 0.404. The van der Waals surface area contributed by atoms with Crippen molar-refractivity contribution in [2.45, 2.75) is 26.0 Å². The Bertz CT molecular complexity index is 664. The average molecular weight is 281 g/mol. The van der Waals surface area contributed by atoms with E-state index in [2.05, 4.69) is 14.9 Å². The van der Waals surface area contributed by atoms with E-state index in [0.29, 0.717) is 11.6 Å². The fourth-order valence-electron chi connectivity index (χ4n) is 1.48. The van der Waals surface area contributed by atoms with Gasteiger partial charge in [0.05, 0.1) is 10.9 Å². The van der Waals surface area contributed by atoms with Gasteiger partial charge in [-0.3, -0.25) is 4.72 Å². The summed E-state index contributed by atoms with van der Waals surface area (Å²) in [5, 5.41) is 6.93. The number of hydrogen-bond acceptors (Lipinski definition) is 5. The van der Waals surface area contributed by atoms with Gasteiger partial charge in [0, 0.05) is 5.56 Å². The van der Waals surface area contributed by atoms with Gasteiger partial charge in [-0.05, 0) is 44.5 Å². The van der Waals surface area contributed by atoms with Crippen molar-refractivity contribution in [2.24, 2.45) is 0 Å². The number of benzene rings is 1. The zero-order valence-electron chi connectivity index (χ0n) is 10.9. The highest BCUT2D eigenvalue weighted by atomic mass is 32.2. The van der Waals surface area contributed by atoms with E-state index >= 15 is 0 Å². The van der Waals surface area contributed by atoms with E-state index < -0.39 is 15.3 Å². The van der Waals surface area contributed by atoms with Crippen LogP contribution in [-0.2, 0) is 10.0 Å². The molecule has 19 heavy (non-hydrogen) atoms. The van der Waals surface area contributed by atoms with E-state index in [1.165, 1.54) is 6.39 Å². The minimum absolute atomic E-state index is 0.404. The average Bonchev–Trinajstić information content (AvgIpc) is 2.85. The number of sulfonamides is 1. The normalized spacial score (nSPS) is 11.8. The zero-order chi connectivity index (χ0) is 14.0. The maximum absolute atomic E-state index is 11.8. The molecule has 102 valence electrons. The van der Waals surface area contributed by atoms with Crippen molar-refractivity contribution in [2.75, 3.05) is 4.72 Å². The molecular weight excluding hydrogens is 266 g/mol. The molecular formula is C12H15N3O3S.